The molecule has 11 N–H and O–H groups in total. The molecule has 206 valence electrons. The van der Waals surface area contributed by atoms with Crippen LogP contribution in [0.2, 0.25) is 0 Å². The number of hydrogen-bond donors (Lipinski definition) is 11. The molecule has 0 bridgehead atoms. The van der Waals surface area contributed by atoms with E-state index in [0.717, 1.165) is 0 Å². The van der Waals surface area contributed by atoms with Crippen LogP contribution in [0.3, 0.4) is 0 Å². The molecule has 0 aliphatic heterocycles. The Hall–Kier alpha value is -5.41. The number of carbonyl (C=O) groups excluding carboxylic acids is 3. The van der Waals surface area contributed by atoms with E-state index in [9.17, 15) is 70.6 Å². The predicted octanol–water partition coefficient (Wildman–Crippen LogP) is 0.0516. The molecule has 1 atom stereocenters. The average Bonchev–Trinajstić information content (AvgIpc) is 2.89. The molecule has 0 fully saturated rings. The van der Waals surface area contributed by atoms with E-state index < -0.39 is 104 Å². The lowest BCUT2D eigenvalue weighted by Gasteiger charge is -2.34. The van der Waals surface area contributed by atoms with Crippen LogP contribution >= 0.6 is 0 Å². The Morgan fingerprint density at radius 1 is 0.590 bits per heavy atom. The standard InChI is InChI=1S/C24H20O15/c25-7-17(32)24(21(36)8-1-11(26)18(33)12(27)2-8,22(37)9-3-13(28)19(34)14(29)4-9)39-23(38)10-5-15(30)20(35)16(31)6-10/h1-6,17,25-35H,7H2. The monoisotopic (exact) mass is 548 g/mol. The van der Waals surface area contributed by atoms with Crippen molar-refractivity contribution in [2.45, 2.75) is 11.7 Å². The largest absolute Gasteiger partial charge is 0.504 e. The maximum atomic E-state index is 13.7. The zero-order valence-electron chi connectivity index (χ0n) is 19.3. The number of rotatable bonds is 8. The van der Waals surface area contributed by atoms with Crippen LogP contribution in [0.1, 0.15) is 31.1 Å². The maximum absolute atomic E-state index is 13.7. The number of phenols is 9. The lowest BCUT2D eigenvalue weighted by atomic mass is 9.80. The highest BCUT2D eigenvalue weighted by molar-refractivity contribution is 6.24. The normalized spacial score (nSPS) is 12.1. The molecular weight excluding hydrogens is 528 g/mol. The van der Waals surface area contributed by atoms with E-state index in [1.165, 1.54) is 0 Å². The minimum absolute atomic E-state index is 0.501. The number of aromatic hydroxyl groups is 9. The van der Waals surface area contributed by atoms with Crippen LogP contribution in [0, 0.1) is 0 Å². The smallest absolute Gasteiger partial charge is 0.339 e. The Kier molecular flexibility index (Phi) is 7.33. The summed E-state index contributed by atoms with van der Waals surface area (Å²) in [4.78, 5) is 40.4. The van der Waals surface area contributed by atoms with Gasteiger partial charge in [-0.1, -0.05) is 0 Å². The van der Waals surface area contributed by atoms with E-state index in [2.05, 4.69) is 0 Å². The first-order valence-corrected chi connectivity index (χ1v) is 10.5. The first kappa shape index (κ1) is 28.2. The summed E-state index contributed by atoms with van der Waals surface area (Å²) < 4.78 is 5.08. The van der Waals surface area contributed by atoms with Gasteiger partial charge in [0, 0.05) is 11.1 Å². The summed E-state index contributed by atoms with van der Waals surface area (Å²) in [7, 11) is 0. The fourth-order valence-electron chi connectivity index (χ4n) is 3.52. The molecule has 0 heterocycles. The summed E-state index contributed by atoms with van der Waals surface area (Å²) >= 11 is 0. The van der Waals surface area contributed by atoms with Crippen molar-refractivity contribution in [1.82, 2.24) is 0 Å². The lowest BCUT2D eigenvalue weighted by Crippen LogP contribution is -2.60. The quantitative estimate of drug-likeness (QED) is 0.0767. The topological polar surface area (TPSA) is 283 Å². The molecule has 0 saturated heterocycles. The zero-order valence-corrected chi connectivity index (χ0v) is 19.3. The highest BCUT2D eigenvalue weighted by Crippen LogP contribution is 2.41. The van der Waals surface area contributed by atoms with E-state index in [1.54, 1.807) is 0 Å². The van der Waals surface area contributed by atoms with E-state index in [1.807, 2.05) is 0 Å². The molecule has 3 aromatic rings. The fraction of sp³-hybridized carbons (Fsp3) is 0.125. The molecule has 39 heavy (non-hydrogen) atoms. The van der Waals surface area contributed by atoms with Gasteiger partial charge in [0.15, 0.2) is 51.7 Å². The Bertz CT molecular complexity index is 1350. The number of hydrogen-bond acceptors (Lipinski definition) is 15. The molecule has 15 nitrogen and oxygen atoms in total. The molecule has 0 amide bonds. The Morgan fingerprint density at radius 3 is 1.15 bits per heavy atom. The van der Waals surface area contributed by atoms with Gasteiger partial charge in [0.05, 0.1) is 12.2 Å². The highest BCUT2D eigenvalue weighted by Gasteiger charge is 2.56. The molecule has 3 aromatic carbocycles. The highest BCUT2D eigenvalue weighted by atomic mass is 16.6. The molecule has 1 unspecified atom stereocenters. The van der Waals surface area contributed by atoms with Gasteiger partial charge in [0.2, 0.25) is 11.6 Å². The first-order valence-electron chi connectivity index (χ1n) is 10.5. The minimum Gasteiger partial charge on any atom is -0.504 e. The summed E-state index contributed by atoms with van der Waals surface area (Å²) in [5, 5.41) is 108. The number of carbonyl (C=O) groups is 3. The number of ketones is 2. The number of esters is 1. The Labute approximate surface area is 216 Å². The maximum Gasteiger partial charge on any atom is 0.339 e. The molecule has 3 rings (SSSR count). The number of aliphatic hydroxyl groups is 2. The van der Waals surface area contributed by atoms with Crippen LogP contribution in [0.15, 0.2) is 36.4 Å². The van der Waals surface area contributed by atoms with Crippen LogP contribution in [0.5, 0.6) is 51.7 Å². The average molecular weight is 548 g/mol. The second-order valence-corrected chi connectivity index (χ2v) is 8.07. The molecular formula is C24H20O15. The van der Waals surface area contributed by atoms with Gasteiger partial charge < -0.3 is 60.9 Å². The second-order valence-electron chi connectivity index (χ2n) is 8.07. The van der Waals surface area contributed by atoms with Crippen molar-refractivity contribution in [2.24, 2.45) is 0 Å². The van der Waals surface area contributed by atoms with E-state index in [-0.39, 0.29) is 0 Å². The zero-order chi connectivity index (χ0) is 29.4. The van der Waals surface area contributed by atoms with Gasteiger partial charge in [-0.05, 0) is 36.4 Å². The van der Waals surface area contributed by atoms with Crippen molar-refractivity contribution in [3.63, 3.8) is 0 Å². The van der Waals surface area contributed by atoms with E-state index in [4.69, 9.17) is 4.74 Å². The number of benzene rings is 3. The molecule has 0 spiro atoms. The molecule has 15 heteroatoms. The lowest BCUT2D eigenvalue weighted by molar-refractivity contribution is -0.0666. The molecule has 0 saturated carbocycles. The third-order valence-electron chi connectivity index (χ3n) is 5.54. The van der Waals surface area contributed by atoms with Crippen molar-refractivity contribution in [1.29, 1.82) is 0 Å². The second kappa shape index (κ2) is 10.2. The van der Waals surface area contributed by atoms with Crippen LogP contribution in [-0.2, 0) is 4.74 Å². The van der Waals surface area contributed by atoms with Crippen molar-refractivity contribution in [3.05, 3.63) is 53.1 Å². The summed E-state index contributed by atoms with van der Waals surface area (Å²) in [5.74, 6) is -14.9. The number of Topliss-reactive ketones (excluding diaryl/α,β-unsaturated/α-hetero) is 2. The molecule has 0 aliphatic carbocycles. The van der Waals surface area contributed by atoms with Crippen molar-refractivity contribution < 1.29 is 75.3 Å². The van der Waals surface area contributed by atoms with Gasteiger partial charge in [-0.25, -0.2) is 4.79 Å². The number of aliphatic hydroxyl groups excluding tert-OH is 2. The summed E-state index contributed by atoms with van der Waals surface area (Å²) in [6, 6.07) is 3.09. The van der Waals surface area contributed by atoms with Crippen molar-refractivity contribution >= 4 is 17.5 Å². The van der Waals surface area contributed by atoms with Crippen LogP contribution < -0.4 is 0 Å². The first-order chi connectivity index (χ1) is 18.1. The third-order valence-corrected chi connectivity index (χ3v) is 5.54. The summed E-state index contributed by atoms with van der Waals surface area (Å²) in [6.07, 6.45) is -2.64. The van der Waals surface area contributed by atoms with Gasteiger partial charge >= 0.3 is 5.97 Å². The number of phenolic OH excluding ortho intramolecular Hbond substituents is 9. The van der Waals surface area contributed by atoms with Gasteiger partial charge in [-0.3, -0.25) is 9.59 Å². The van der Waals surface area contributed by atoms with Crippen molar-refractivity contribution in [2.75, 3.05) is 6.61 Å². The van der Waals surface area contributed by atoms with Crippen molar-refractivity contribution in [3.8, 4) is 51.7 Å². The summed E-state index contributed by atoms with van der Waals surface area (Å²) in [6.45, 7) is -1.47. The summed E-state index contributed by atoms with van der Waals surface area (Å²) in [5.41, 5.74) is -6.11. The predicted molar refractivity (Wildman–Crippen MR) is 124 cm³/mol. The van der Waals surface area contributed by atoms with E-state index >= 15 is 0 Å². The Morgan fingerprint density at radius 2 is 0.872 bits per heavy atom. The van der Waals surface area contributed by atoms with Gasteiger partial charge in [0.1, 0.15) is 6.10 Å². The molecule has 0 aliphatic rings. The fourth-order valence-corrected chi connectivity index (χ4v) is 3.52. The van der Waals surface area contributed by atoms with Gasteiger partial charge in [0.25, 0.3) is 5.60 Å². The number of ether oxygens (including phenoxy) is 1. The Balaban J connectivity index is 2.32. The molecule has 0 radical (unpaired) electrons. The third kappa shape index (κ3) is 4.81. The van der Waals surface area contributed by atoms with Gasteiger partial charge in [-0.2, -0.15) is 0 Å². The van der Waals surface area contributed by atoms with Crippen LogP contribution in [-0.4, -0.2) is 92.0 Å². The van der Waals surface area contributed by atoms with Gasteiger partial charge in [-0.15, -0.1) is 0 Å². The molecule has 0 aromatic heterocycles. The van der Waals surface area contributed by atoms with Crippen LogP contribution in [0.4, 0.5) is 0 Å². The van der Waals surface area contributed by atoms with Crippen LogP contribution in [0.25, 0.3) is 0 Å². The van der Waals surface area contributed by atoms with E-state index in [0.29, 0.717) is 36.4 Å². The SMILES string of the molecule is O=C(OC(C(=O)c1cc(O)c(O)c(O)c1)(C(=O)c1cc(O)c(O)c(O)c1)C(O)CO)c1cc(O)c(O)c(O)c1. The minimum atomic E-state index is -3.55.